The fourth-order valence-electron chi connectivity index (χ4n) is 2.42. The van der Waals surface area contributed by atoms with E-state index in [1.54, 1.807) is 29.9 Å². The molecule has 2 N–H and O–H groups in total. The van der Waals surface area contributed by atoms with E-state index in [-0.39, 0.29) is 11.4 Å². The van der Waals surface area contributed by atoms with Crippen LogP contribution in [0.25, 0.3) is 0 Å². The van der Waals surface area contributed by atoms with Gasteiger partial charge in [-0.2, -0.15) is 16.1 Å². The Bertz CT molecular complexity index is 566. The summed E-state index contributed by atoms with van der Waals surface area (Å²) in [6.45, 7) is 6.75. The zero-order valence-corrected chi connectivity index (χ0v) is 13.1. The summed E-state index contributed by atoms with van der Waals surface area (Å²) in [5.74, 6) is 1.86. The van der Waals surface area contributed by atoms with Crippen molar-refractivity contribution in [3.8, 4) is 0 Å². The van der Waals surface area contributed by atoms with Gasteiger partial charge in [-0.05, 0) is 13.8 Å². The Morgan fingerprint density at radius 3 is 2.68 bits per heavy atom. The van der Waals surface area contributed by atoms with Crippen LogP contribution >= 0.6 is 11.8 Å². The molecule has 0 aliphatic carbocycles. The normalized spacial score (nSPS) is 21.8. The highest BCUT2D eigenvalue weighted by molar-refractivity contribution is 8.00. The summed E-state index contributed by atoms with van der Waals surface area (Å²) >= 11 is 1.80. The number of thioether (sulfide) groups is 1. The van der Waals surface area contributed by atoms with Crippen molar-refractivity contribution in [3.05, 3.63) is 17.1 Å². The Morgan fingerprint density at radius 1 is 1.42 bits per heavy atom. The van der Waals surface area contributed by atoms with E-state index >= 15 is 0 Å². The molecule has 1 aromatic heterocycles. The Labute approximate surface area is 118 Å². The van der Waals surface area contributed by atoms with E-state index in [1.165, 1.54) is 0 Å². The van der Waals surface area contributed by atoms with Gasteiger partial charge in [0, 0.05) is 36.2 Å². The molecule has 1 atom stereocenters. The minimum Gasteiger partial charge on any atom is -0.465 e. The molecule has 1 fully saturated rings. The molecule has 2 rings (SSSR count). The van der Waals surface area contributed by atoms with E-state index in [0.29, 0.717) is 35.4 Å². The summed E-state index contributed by atoms with van der Waals surface area (Å²) in [6, 6.07) is 0. The lowest BCUT2D eigenvalue weighted by Gasteiger charge is -2.29. The van der Waals surface area contributed by atoms with Gasteiger partial charge in [-0.1, -0.05) is 6.92 Å². The van der Waals surface area contributed by atoms with Gasteiger partial charge in [-0.3, -0.25) is 0 Å². The number of aryl methyl sites for hydroxylation is 2. The van der Waals surface area contributed by atoms with Gasteiger partial charge in [0.05, 0.1) is 0 Å². The van der Waals surface area contributed by atoms with Gasteiger partial charge in [0.2, 0.25) is 10.0 Å². The van der Waals surface area contributed by atoms with Crippen molar-refractivity contribution in [2.75, 3.05) is 18.8 Å². The van der Waals surface area contributed by atoms with Crippen LogP contribution < -0.4 is 5.73 Å². The van der Waals surface area contributed by atoms with Crippen LogP contribution in [0.1, 0.15) is 24.0 Å². The maximum atomic E-state index is 12.7. The average Bonchev–Trinajstić information content (AvgIpc) is 2.64. The summed E-state index contributed by atoms with van der Waals surface area (Å²) in [6.07, 6.45) is 0. The second-order valence-electron chi connectivity index (χ2n) is 4.77. The zero-order valence-electron chi connectivity index (χ0n) is 11.5. The first-order valence-corrected chi connectivity index (χ1v) is 8.77. The standard InChI is InChI=1S/C12H20N2O3S2/c1-8-7-14(4-5-18-8)19(15,16)12-10(3)17-9(2)11(12)6-13/h8H,4-7,13H2,1-3H3. The maximum absolute atomic E-state index is 12.7. The van der Waals surface area contributed by atoms with Crippen molar-refractivity contribution in [1.29, 1.82) is 0 Å². The summed E-state index contributed by atoms with van der Waals surface area (Å²) in [4.78, 5) is 0.270. The molecule has 0 amide bonds. The molecule has 0 spiro atoms. The third-order valence-electron chi connectivity index (χ3n) is 3.33. The molecule has 1 saturated heterocycles. The molecule has 1 aliphatic rings. The van der Waals surface area contributed by atoms with Crippen LogP contribution in [0.15, 0.2) is 9.31 Å². The highest BCUT2D eigenvalue weighted by atomic mass is 32.2. The van der Waals surface area contributed by atoms with Gasteiger partial charge in [-0.25, -0.2) is 8.42 Å². The van der Waals surface area contributed by atoms with Gasteiger partial charge >= 0.3 is 0 Å². The monoisotopic (exact) mass is 304 g/mol. The SMILES string of the molecule is Cc1oc(C)c(S(=O)(=O)N2CCSC(C)C2)c1CN. The first-order valence-electron chi connectivity index (χ1n) is 6.28. The van der Waals surface area contributed by atoms with Crippen molar-refractivity contribution in [1.82, 2.24) is 4.31 Å². The summed E-state index contributed by atoms with van der Waals surface area (Å²) in [5, 5.41) is 0.318. The second kappa shape index (κ2) is 5.47. The van der Waals surface area contributed by atoms with Gasteiger partial charge in [0.1, 0.15) is 16.4 Å². The fourth-order valence-corrected chi connectivity index (χ4v) is 5.59. The summed E-state index contributed by atoms with van der Waals surface area (Å²) < 4.78 is 32.5. The average molecular weight is 304 g/mol. The molecule has 7 heteroatoms. The van der Waals surface area contributed by atoms with Crippen LogP contribution in [0.5, 0.6) is 0 Å². The molecule has 19 heavy (non-hydrogen) atoms. The largest absolute Gasteiger partial charge is 0.465 e. The molecule has 5 nitrogen and oxygen atoms in total. The predicted octanol–water partition coefficient (Wildman–Crippen LogP) is 1.48. The van der Waals surface area contributed by atoms with E-state index in [9.17, 15) is 8.42 Å². The van der Waals surface area contributed by atoms with Crippen molar-refractivity contribution in [3.63, 3.8) is 0 Å². The predicted molar refractivity (Wildman–Crippen MR) is 76.8 cm³/mol. The number of furan rings is 1. The summed E-state index contributed by atoms with van der Waals surface area (Å²) in [5.41, 5.74) is 6.27. The minimum atomic E-state index is -3.50. The van der Waals surface area contributed by atoms with Crippen molar-refractivity contribution >= 4 is 21.8 Å². The molecule has 0 aromatic carbocycles. The Balaban J connectivity index is 2.44. The molecule has 0 saturated carbocycles. The molecule has 1 aromatic rings. The highest BCUT2D eigenvalue weighted by Gasteiger charge is 2.34. The quantitative estimate of drug-likeness (QED) is 0.915. The van der Waals surface area contributed by atoms with Crippen LogP contribution in [0.2, 0.25) is 0 Å². The lowest BCUT2D eigenvalue weighted by Crippen LogP contribution is -2.41. The lowest BCUT2D eigenvalue weighted by atomic mass is 10.2. The minimum absolute atomic E-state index is 0.176. The van der Waals surface area contributed by atoms with Gasteiger partial charge in [-0.15, -0.1) is 0 Å². The number of sulfonamides is 1. The third kappa shape index (κ3) is 2.69. The van der Waals surface area contributed by atoms with E-state index in [2.05, 4.69) is 0 Å². The van der Waals surface area contributed by atoms with E-state index in [4.69, 9.17) is 10.2 Å². The maximum Gasteiger partial charge on any atom is 0.246 e. The molecule has 108 valence electrons. The first kappa shape index (κ1) is 14.9. The molecule has 1 aliphatic heterocycles. The molecule has 1 unspecified atom stereocenters. The van der Waals surface area contributed by atoms with E-state index in [0.717, 1.165) is 5.75 Å². The number of rotatable bonds is 3. The molecule has 2 heterocycles. The summed E-state index contributed by atoms with van der Waals surface area (Å²) in [7, 11) is -3.50. The zero-order chi connectivity index (χ0) is 14.2. The Hall–Kier alpha value is -0.500. The molecule has 0 radical (unpaired) electrons. The van der Waals surface area contributed by atoms with Gasteiger partial charge < -0.3 is 10.2 Å². The number of hydrogen-bond donors (Lipinski definition) is 1. The van der Waals surface area contributed by atoms with E-state index < -0.39 is 10.0 Å². The van der Waals surface area contributed by atoms with Gasteiger partial charge in [0.15, 0.2) is 0 Å². The number of nitrogens with zero attached hydrogens (tertiary/aromatic N) is 1. The van der Waals surface area contributed by atoms with E-state index in [1.807, 2.05) is 6.92 Å². The number of nitrogens with two attached hydrogens (primary N) is 1. The fraction of sp³-hybridized carbons (Fsp3) is 0.667. The smallest absolute Gasteiger partial charge is 0.246 e. The first-order chi connectivity index (χ1) is 8.87. The van der Waals surface area contributed by atoms with Crippen LogP contribution in [0.3, 0.4) is 0 Å². The Kier molecular flexibility index (Phi) is 4.29. The Morgan fingerprint density at radius 2 is 2.11 bits per heavy atom. The van der Waals surface area contributed by atoms with Crippen molar-refractivity contribution in [2.45, 2.75) is 37.5 Å². The van der Waals surface area contributed by atoms with Crippen LogP contribution in [0.4, 0.5) is 0 Å². The van der Waals surface area contributed by atoms with Crippen molar-refractivity contribution < 1.29 is 12.8 Å². The third-order valence-corrected chi connectivity index (χ3v) is 6.53. The van der Waals surface area contributed by atoms with Crippen LogP contribution in [-0.2, 0) is 16.6 Å². The van der Waals surface area contributed by atoms with Crippen LogP contribution in [-0.4, -0.2) is 36.8 Å². The number of hydrogen-bond acceptors (Lipinski definition) is 5. The van der Waals surface area contributed by atoms with Crippen molar-refractivity contribution in [2.24, 2.45) is 5.73 Å². The topological polar surface area (TPSA) is 76.5 Å². The van der Waals surface area contributed by atoms with Crippen LogP contribution in [0, 0.1) is 13.8 Å². The lowest BCUT2D eigenvalue weighted by molar-refractivity contribution is 0.421. The van der Waals surface area contributed by atoms with Gasteiger partial charge in [0.25, 0.3) is 0 Å². The second-order valence-corrected chi connectivity index (χ2v) is 8.19. The molecular weight excluding hydrogens is 284 g/mol. The molecular formula is C12H20N2O3S2. The highest BCUT2D eigenvalue weighted by Crippen LogP contribution is 2.31. The molecule has 0 bridgehead atoms.